The van der Waals surface area contributed by atoms with Crippen LogP contribution in [0.15, 0.2) is 23.1 Å². The van der Waals surface area contributed by atoms with Gasteiger partial charge >= 0.3 is 0 Å². The predicted octanol–water partition coefficient (Wildman–Crippen LogP) is -0.361. The van der Waals surface area contributed by atoms with Crippen molar-refractivity contribution in [2.75, 3.05) is 5.73 Å². The number of hydrogen-bond donors (Lipinski definition) is 4. The lowest BCUT2D eigenvalue weighted by Gasteiger charge is -2.20. The smallest absolute Gasteiger partial charge is 0.294 e. The van der Waals surface area contributed by atoms with E-state index in [0.29, 0.717) is 0 Å². The maximum absolute atomic E-state index is 11.0. The average molecular weight is 232 g/mol. The molecular weight excluding hydrogens is 220 g/mol. The molecule has 6 N–H and O–H groups in total. The highest BCUT2D eigenvalue weighted by atomic mass is 32.2. The van der Waals surface area contributed by atoms with Crippen LogP contribution in [0.1, 0.15) is 12.5 Å². The highest BCUT2D eigenvalue weighted by molar-refractivity contribution is 7.85. The quantitative estimate of drug-likeness (QED) is 0.313. The molecule has 84 valence electrons. The normalized spacial score (nSPS) is 16.0. The summed E-state index contributed by atoms with van der Waals surface area (Å²) in [5.74, 6) is 0. The van der Waals surface area contributed by atoms with Crippen molar-refractivity contribution in [1.29, 1.82) is 0 Å². The lowest BCUT2D eigenvalue weighted by Crippen LogP contribution is -2.34. The molecule has 0 saturated carbocycles. The van der Waals surface area contributed by atoms with Crippen molar-refractivity contribution in [2.45, 2.75) is 17.5 Å². The molecule has 0 radical (unpaired) electrons. The molecule has 6 nitrogen and oxygen atoms in total. The summed E-state index contributed by atoms with van der Waals surface area (Å²) in [6.45, 7) is 1.19. The molecule has 0 aliphatic carbocycles. The molecule has 15 heavy (non-hydrogen) atoms. The van der Waals surface area contributed by atoms with Gasteiger partial charge in [0, 0.05) is 11.3 Å². The summed E-state index contributed by atoms with van der Waals surface area (Å²) in [4.78, 5) is -0.454. The summed E-state index contributed by atoms with van der Waals surface area (Å²) in [6, 6.07) is 3.57. The van der Waals surface area contributed by atoms with E-state index in [2.05, 4.69) is 0 Å². The fourth-order valence-electron chi connectivity index (χ4n) is 1.17. The van der Waals surface area contributed by atoms with Gasteiger partial charge in [0.1, 0.15) is 10.6 Å². The largest absolute Gasteiger partial charge is 0.399 e. The first-order valence-electron chi connectivity index (χ1n) is 4.01. The van der Waals surface area contributed by atoms with Crippen molar-refractivity contribution in [3.8, 4) is 0 Å². The molecule has 0 bridgehead atoms. The second-order valence-electron chi connectivity index (χ2n) is 3.38. The molecule has 7 heteroatoms. The van der Waals surface area contributed by atoms with Gasteiger partial charge in [-0.05, 0) is 25.1 Å². The third-order valence-electron chi connectivity index (χ3n) is 1.83. The van der Waals surface area contributed by atoms with Crippen LogP contribution in [0.2, 0.25) is 0 Å². The predicted molar refractivity (Wildman–Crippen MR) is 54.4 cm³/mol. The van der Waals surface area contributed by atoms with Gasteiger partial charge in [0.05, 0.1) is 0 Å². The van der Waals surface area contributed by atoms with Crippen LogP contribution in [-0.4, -0.2) is 18.1 Å². The van der Waals surface area contributed by atoms with Crippen LogP contribution in [0.25, 0.3) is 0 Å². The van der Waals surface area contributed by atoms with Gasteiger partial charge in [-0.25, -0.2) is 0 Å². The van der Waals surface area contributed by atoms with E-state index < -0.39 is 20.7 Å². The molecular formula is C8H12N2O4S. The first-order valence-corrected chi connectivity index (χ1v) is 5.45. The van der Waals surface area contributed by atoms with E-state index in [4.69, 9.17) is 16.0 Å². The van der Waals surface area contributed by atoms with Crippen molar-refractivity contribution in [3.63, 3.8) is 0 Å². The standard InChI is InChI=1S/C8H12N2O4S/c1-8(10,11)6-4-5(9)2-3-7(6)15(12,13)14/h2-4,11H,9-10H2,1H3,(H,12,13,14). The molecule has 1 atom stereocenters. The van der Waals surface area contributed by atoms with Gasteiger partial charge in [0.2, 0.25) is 0 Å². The molecule has 0 amide bonds. The Morgan fingerprint density at radius 3 is 2.33 bits per heavy atom. The SMILES string of the molecule is CC(N)(O)c1cc(N)ccc1S(=O)(=O)O. The second kappa shape index (κ2) is 3.46. The van der Waals surface area contributed by atoms with Crippen LogP contribution in [0.4, 0.5) is 5.69 Å². The van der Waals surface area contributed by atoms with Gasteiger partial charge in [0.25, 0.3) is 10.1 Å². The van der Waals surface area contributed by atoms with Crippen LogP contribution in [0, 0.1) is 0 Å². The molecule has 1 unspecified atom stereocenters. The fourth-order valence-corrected chi connectivity index (χ4v) is 1.95. The van der Waals surface area contributed by atoms with Crippen molar-refractivity contribution in [3.05, 3.63) is 23.8 Å². The molecule has 0 aliphatic heterocycles. The molecule has 0 heterocycles. The van der Waals surface area contributed by atoms with E-state index >= 15 is 0 Å². The van der Waals surface area contributed by atoms with E-state index in [0.717, 1.165) is 6.07 Å². The number of hydrogen-bond acceptors (Lipinski definition) is 5. The summed E-state index contributed by atoms with van der Waals surface area (Å²) in [7, 11) is -4.43. The summed E-state index contributed by atoms with van der Waals surface area (Å²) < 4.78 is 30.8. The summed E-state index contributed by atoms with van der Waals surface area (Å²) >= 11 is 0. The molecule has 0 fully saturated rings. The van der Waals surface area contributed by atoms with Crippen molar-refractivity contribution < 1.29 is 18.1 Å². The molecule has 0 spiro atoms. The molecule has 0 aliphatic rings. The fraction of sp³-hybridized carbons (Fsp3) is 0.250. The Hall–Kier alpha value is -1.15. The average Bonchev–Trinajstić information content (AvgIpc) is 2.00. The Labute approximate surface area is 87.3 Å². The Balaban J connectivity index is 3.55. The van der Waals surface area contributed by atoms with E-state index in [1.54, 1.807) is 0 Å². The van der Waals surface area contributed by atoms with Crippen LogP contribution in [0.5, 0.6) is 0 Å². The van der Waals surface area contributed by atoms with Gasteiger partial charge in [-0.3, -0.25) is 10.3 Å². The molecule has 1 aromatic carbocycles. The van der Waals surface area contributed by atoms with Crippen LogP contribution < -0.4 is 11.5 Å². The molecule has 0 saturated heterocycles. The highest BCUT2D eigenvalue weighted by Gasteiger charge is 2.26. The van der Waals surface area contributed by atoms with E-state index in [-0.39, 0.29) is 11.3 Å². The number of nitrogens with two attached hydrogens (primary N) is 2. The zero-order valence-corrected chi connectivity index (χ0v) is 8.82. The Bertz CT molecular complexity index is 476. The number of aliphatic hydroxyl groups is 1. The van der Waals surface area contributed by atoms with E-state index in [1.165, 1.54) is 19.1 Å². The topological polar surface area (TPSA) is 127 Å². The van der Waals surface area contributed by atoms with E-state index in [9.17, 15) is 13.5 Å². The van der Waals surface area contributed by atoms with Crippen LogP contribution in [0.3, 0.4) is 0 Å². The third kappa shape index (κ3) is 2.66. The zero-order valence-electron chi connectivity index (χ0n) is 8.01. The Morgan fingerprint density at radius 1 is 1.40 bits per heavy atom. The third-order valence-corrected chi connectivity index (χ3v) is 2.74. The lowest BCUT2D eigenvalue weighted by atomic mass is 10.1. The molecule has 0 aromatic heterocycles. The Kier molecular flexibility index (Phi) is 2.75. The number of anilines is 1. The van der Waals surface area contributed by atoms with Gasteiger partial charge < -0.3 is 10.8 Å². The van der Waals surface area contributed by atoms with Crippen molar-refractivity contribution in [2.24, 2.45) is 5.73 Å². The highest BCUT2D eigenvalue weighted by Crippen LogP contribution is 2.25. The lowest BCUT2D eigenvalue weighted by molar-refractivity contribution is 0.0615. The maximum atomic E-state index is 11.0. The minimum atomic E-state index is -4.43. The number of rotatable bonds is 2. The molecule has 1 aromatic rings. The zero-order chi connectivity index (χ0) is 11.9. The van der Waals surface area contributed by atoms with Crippen LogP contribution in [-0.2, 0) is 15.8 Å². The van der Waals surface area contributed by atoms with Gasteiger partial charge in [-0.15, -0.1) is 0 Å². The van der Waals surface area contributed by atoms with Crippen molar-refractivity contribution >= 4 is 15.8 Å². The summed E-state index contributed by atoms with van der Waals surface area (Å²) in [5.41, 5.74) is 8.97. The van der Waals surface area contributed by atoms with Gasteiger partial charge in [-0.2, -0.15) is 8.42 Å². The van der Waals surface area contributed by atoms with E-state index in [1.807, 2.05) is 0 Å². The minimum absolute atomic E-state index is 0.148. The number of benzene rings is 1. The summed E-state index contributed by atoms with van der Waals surface area (Å²) in [6.07, 6.45) is 0. The summed E-state index contributed by atoms with van der Waals surface area (Å²) in [5, 5.41) is 9.50. The van der Waals surface area contributed by atoms with Crippen molar-refractivity contribution in [1.82, 2.24) is 0 Å². The first kappa shape index (κ1) is 11.9. The van der Waals surface area contributed by atoms with Gasteiger partial charge in [-0.1, -0.05) is 0 Å². The Morgan fingerprint density at radius 2 is 1.93 bits per heavy atom. The maximum Gasteiger partial charge on any atom is 0.294 e. The number of nitrogen functional groups attached to an aromatic ring is 1. The first-order chi connectivity index (χ1) is 6.62. The van der Waals surface area contributed by atoms with Crippen LogP contribution >= 0.6 is 0 Å². The molecule has 1 rings (SSSR count). The minimum Gasteiger partial charge on any atom is -0.399 e. The van der Waals surface area contributed by atoms with Gasteiger partial charge in [0.15, 0.2) is 0 Å². The monoisotopic (exact) mass is 232 g/mol. The second-order valence-corrected chi connectivity index (χ2v) is 4.77.